The van der Waals surface area contributed by atoms with Crippen molar-refractivity contribution in [2.45, 2.75) is 25.6 Å². The van der Waals surface area contributed by atoms with Gasteiger partial charge in [0.25, 0.3) is 0 Å². The standard InChI is InChI=1S/C13H16FNO3/c1-7(14)10-4-8(2-3-12(10)16)11-5-9(6-15-11)13(17)18/h2-4,7,9,11,15-16H,5-6H2,1H3,(H,17,18). The highest BCUT2D eigenvalue weighted by atomic mass is 19.1. The number of hydrogen-bond donors (Lipinski definition) is 3. The van der Waals surface area contributed by atoms with E-state index in [4.69, 9.17) is 5.11 Å². The van der Waals surface area contributed by atoms with Gasteiger partial charge < -0.3 is 15.5 Å². The first-order valence-electron chi connectivity index (χ1n) is 5.92. The van der Waals surface area contributed by atoms with Crippen molar-refractivity contribution < 1.29 is 19.4 Å². The molecular weight excluding hydrogens is 237 g/mol. The Labute approximate surface area is 104 Å². The lowest BCUT2D eigenvalue weighted by molar-refractivity contribution is -0.141. The van der Waals surface area contributed by atoms with E-state index < -0.39 is 18.1 Å². The van der Waals surface area contributed by atoms with Crippen LogP contribution in [-0.4, -0.2) is 22.7 Å². The van der Waals surface area contributed by atoms with Gasteiger partial charge in [0, 0.05) is 18.2 Å². The van der Waals surface area contributed by atoms with Gasteiger partial charge in [-0.25, -0.2) is 4.39 Å². The van der Waals surface area contributed by atoms with Crippen LogP contribution in [0, 0.1) is 5.92 Å². The van der Waals surface area contributed by atoms with E-state index in [0.29, 0.717) is 13.0 Å². The number of carbonyl (C=O) groups is 1. The molecular formula is C13H16FNO3. The summed E-state index contributed by atoms with van der Waals surface area (Å²) in [6.45, 7) is 1.78. The number of alkyl halides is 1. The summed E-state index contributed by atoms with van der Waals surface area (Å²) in [5.74, 6) is -1.29. The SMILES string of the molecule is CC(F)c1cc(C2CC(C(=O)O)CN2)ccc1O. The van der Waals surface area contributed by atoms with Crippen LogP contribution in [0.1, 0.15) is 36.7 Å². The Morgan fingerprint density at radius 2 is 2.28 bits per heavy atom. The van der Waals surface area contributed by atoms with Gasteiger partial charge >= 0.3 is 5.97 Å². The lowest BCUT2D eigenvalue weighted by Crippen LogP contribution is -2.17. The fraction of sp³-hybridized carbons (Fsp3) is 0.462. The first kappa shape index (κ1) is 12.8. The fourth-order valence-electron chi connectivity index (χ4n) is 2.29. The minimum Gasteiger partial charge on any atom is -0.508 e. The molecule has 3 unspecified atom stereocenters. The summed E-state index contributed by atoms with van der Waals surface area (Å²) >= 11 is 0. The largest absolute Gasteiger partial charge is 0.508 e. The number of aromatic hydroxyl groups is 1. The number of carboxylic acid groups (broad SMARTS) is 1. The molecule has 0 spiro atoms. The van der Waals surface area contributed by atoms with Crippen molar-refractivity contribution in [2.24, 2.45) is 5.92 Å². The number of hydrogen-bond acceptors (Lipinski definition) is 3. The Balaban J connectivity index is 2.20. The van der Waals surface area contributed by atoms with Crippen LogP contribution in [0.2, 0.25) is 0 Å². The normalized spacial score (nSPS) is 25.0. The van der Waals surface area contributed by atoms with Crippen molar-refractivity contribution in [2.75, 3.05) is 6.54 Å². The van der Waals surface area contributed by atoms with E-state index in [2.05, 4.69) is 5.32 Å². The van der Waals surface area contributed by atoms with Crippen molar-refractivity contribution in [3.8, 4) is 5.75 Å². The third kappa shape index (κ3) is 2.46. The highest BCUT2D eigenvalue weighted by Crippen LogP contribution is 2.33. The van der Waals surface area contributed by atoms with Crippen LogP contribution in [0.3, 0.4) is 0 Å². The second-order valence-corrected chi connectivity index (χ2v) is 4.67. The fourth-order valence-corrected chi connectivity index (χ4v) is 2.29. The molecule has 0 saturated carbocycles. The maximum Gasteiger partial charge on any atom is 0.307 e. The van der Waals surface area contributed by atoms with Gasteiger partial charge in [-0.05, 0) is 31.0 Å². The molecule has 1 fully saturated rings. The molecule has 18 heavy (non-hydrogen) atoms. The monoisotopic (exact) mass is 253 g/mol. The molecule has 1 aliphatic heterocycles. The maximum absolute atomic E-state index is 13.3. The van der Waals surface area contributed by atoms with Crippen LogP contribution in [0.15, 0.2) is 18.2 Å². The predicted octanol–water partition coefficient (Wildman–Crippen LogP) is 2.16. The minimum absolute atomic E-state index is 0.0680. The molecule has 3 N–H and O–H groups in total. The molecule has 1 aliphatic rings. The van der Waals surface area contributed by atoms with Crippen molar-refractivity contribution in [1.29, 1.82) is 0 Å². The number of halogens is 1. The zero-order valence-corrected chi connectivity index (χ0v) is 10.1. The number of benzene rings is 1. The van der Waals surface area contributed by atoms with Crippen LogP contribution >= 0.6 is 0 Å². The maximum atomic E-state index is 13.3. The second-order valence-electron chi connectivity index (χ2n) is 4.67. The lowest BCUT2D eigenvalue weighted by Gasteiger charge is -2.14. The summed E-state index contributed by atoms with van der Waals surface area (Å²) in [6.07, 6.45) is -0.762. The van der Waals surface area contributed by atoms with Gasteiger partial charge in [0.1, 0.15) is 11.9 Å². The summed E-state index contributed by atoms with van der Waals surface area (Å²) in [7, 11) is 0. The molecule has 0 amide bonds. The third-order valence-corrected chi connectivity index (χ3v) is 3.36. The molecule has 1 saturated heterocycles. The molecule has 3 atom stereocenters. The molecule has 5 heteroatoms. The van der Waals surface area contributed by atoms with E-state index in [1.807, 2.05) is 0 Å². The van der Waals surface area contributed by atoms with Crippen LogP contribution in [-0.2, 0) is 4.79 Å². The van der Waals surface area contributed by atoms with Gasteiger partial charge in [0.2, 0.25) is 0 Å². The van der Waals surface area contributed by atoms with Gasteiger partial charge in [-0.2, -0.15) is 0 Å². The number of phenols is 1. The topological polar surface area (TPSA) is 69.6 Å². The van der Waals surface area contributed by atoms with Crippen molar-refractivity contribution in [1.82, 2.24) is 5.32 Å². The molecule has 2 rings (SSSR count). The van der Waals surface area contributed by atoms with Gasteiger partial charge in [-0.3, -0.25) is 4.79 Å². The predicted molar refractivity (Wildman–Crippen MR) is 64.1 cm³/mol. The summed E-state index contributed by atoms with van der Waals surface area (Å²) < 4.78 is 13.3. The minimum atomic E-state index is -1.25. The van der Waals surface area contributed by atoms with Crippen LogP contribution in [0.5, 0.6) is 5.75 Å². The third-order valence-electron chi connectivity index (χ3n) is 3.36. The van der Waals surface area contributed by atoms with E-state index in [0.717, 1.165) is 5.56 Å². The lowest BCUT2D eigenvalue weighted by atomic mass is 9.97. The Hall–Kier alpha value is -1.62. The van der Waals surface area contributed by atoms with Crippen molar-refractivity contribution in [3.05, 3.63) is 29.3 Å². The second kappa shape index (κ2) is 4.94. The van der Waals surface area contributed by atoms with Crippen LogP contribution in [0.4, 0.5) is 4.39 Å². The highest BCUT2D eigenvalue weighted by molar-refractivity contribution is 5.70. The Bertz CT molecular complexity index is 462. The van der Waals surface area contributed by atoms with Crippen molar-refractivity contribution in [3.63, 3.8) is 0 Å². The van der Waals surface area contributed by atoms with Gasteiger partial charge in [0.05, 0.1) is 5.92 Å². The van der Waals surface area contributed by atoms with E-state index in [1.54, 1.807) is 12.1 Å². The number of nitrogens with one attached hydrogen (secondary N) is 1. The number of rotatable bonds is 3. The Morgan fingerprint density at radius 3 is 2.83 bits per heavy atom. The highest BCUT2D eigenvalue weighted by Gasteiger charge is 2.30. The Kier molecular flexibility index (Phi) is 3.52. The molecule has 1 aromatic rings. The van der Waals surface area contributed by atoms with Crippen molar-refractivity contribution >= 4 is 5.97 Å². The molecule has 1 aromatic carbocycles. The van der Waals surface area contributed by atoms with E-state index in [9.17, 15) is 14.3 Å². The van der Waals surface area contributed by atoms with Crippen LogP contribution in [0.25, 0.3) is 0 Å². The first-order valence-corrected chi connectivity index (χ1v) is 5.92. The van der Waals surface area contributed by atoms with Crippen LogP contribution < -0.4 is 5.32 Å². The molecule has 0 aromatic heterocycles. The summed E-state index contributed by atoms with van der Waals surface area (Å²) in [5.41, 5.74) is 1.06. The molecule has 0 radical (unpaired) electrons. The first-order chi connectivity index (χ1) is 8.49. The molecule has 0 aliphatic carbocycles. The average Bonchev–Trinajstić information content (AvgIpc) is 2.78. The zero-order chi connectivity index (χ0) is 13.3. The molecule has 1 heterocycles. The zero-order valence-electron chi connectivity index (χ0n) is 10.1. The number of phenolic OH excluding ortho intramolecular Hbond substituents is 1. The van der Waals surface area contributed by atoms with E-state index in [1.165, 1.54) is 13.0 Å². The average molecular weight is 253 g/mol. The summed E-state index contributed by atoms with van der Waals surface area (Å²) in [4.78, 5) is 10.9. The Morgan fingerprint density at radius 1 is 1.56 bits per heavy atom. The quantitative estimate of drug-likeness (QED) is 0.772. The summed E-state index contributed by atoms with van der Waals surface area (Å²) in [5, 5.41) is 21.6. The number of aliphatic carboxylic acids is 1. The summed E-state index contributed by atoms with van der Waals surface area (Å²) in [6, 6.07) is 4.66. The molecule has 0 bridgehead atoms. The molecule has 98 valence electrons. The van der Waals surface area contributed by atoms with E-state index >= 15 is 0 Å². The van der Waals surface area contributed by atoms with Gasteiger partial charge in [0.15, 0.2) is 0 Å². The van der Waals surface area contributed by atoms with Gasteiger partial charge in [-0.15, -0.1) is 0 Å². The van der Waals surface area contributed by atoms with E-state index in [-0.39, 0.29) is 17.4 Å². The number of carboxylic acids is 1. The smallest absolute Gasteiger partial charge is 0.307 e. The van der Waals surface area contributed by atoms with Gasteiger partial charge in [-0.1, -0.05) is 6.07 Å². The molecule has 4 nitrogen and oxygen atoms in total.